The zero-order valence-corrected chi connectivity index (χ0v) is 30.8. The van der Waals surface area contributed by atoms with E-state index in [2.05, 4.69) is 114 Å². The predicted molar refractivity (Wildman–Crippen MR) is 210 cm³/mol. The Labute approximate surface area is 303 Å². The fraction of sp³-hybridized carbons (Fsp3) is 0.571. The summed E-state index contributed by atoms with van der Waals surface area (Å²) in [5.41, 5.74) is 8.27. The van der Waals surface area contributed by atoms with Gasteiger partial charge in [-0.15, -0.1) is 0 Å². The fourth-order valence-corrected chi connectivity index (χ4v) is 7.18. The minimum Gasteiger partial charge on any atom is -0.313 e. The van der Waals surface area contributed by atoms with Crippen molar-refractivity contribution in [3.63, 3.8) is 0 Å². The molecule has 3 aromatic carbocycles. The van der Waals surface area contributed by atoms with Crippen LogP contribution in [0.4, 0.5) is 0 Å². The Balaban J connectivity index is 1.24. The normalized spacial score (nSPS) is 22.8. The second kappa shape index (κ2) is 23.7. The van der Waals surface area contributed by atoms with Gasteiger partial charge in [0.25, 0.3) is 0 Å². The summed E-state index contributed by atoms with van der Waals surface area (Å²) in [4.78, 5) is 5.36. The standard InChI is InChI=1S/C42H66N8/c1-10-37-28-38(11-1)32-44-17-5-23-50-25-7-19-46-34-40-13-2-12-39(29-40)33-45-18-6-24-49(22-4-16-43-31-37)26-8-20-47-35-41-14-3-15-42(30-41)36-48-21-9-27-50/h1-3,10-15,28-30,43-48H,4-9,16-27,31-36H2. The number of nitrogens with one attached hydrogen (secondary N) is 6. The molecule has 3 heterocycles. The molecule has 0 fully saturated rings. The minimum atomic E-state index is 0.933. The summed E-state index contributed by atoms with van der Waals surface area (Å²) >= 11 is 0. The van der Waals surface area contributed by atoms with Crippen LogP contribution in [0.5, 0.6) is 0 Å². The van der Waals surface area contributed by atoms with E-state index in [4.69, 9.17) is 0 Å². The lowest BCUT2D eigenvalue weighted by Crippen LogP contribution is -2.33. The maximum absolute atomic E-state index is 3.73. The Bertz CT molecular complexity index is 1080. The molecule has 6 rings (SSSR count). The van der Waals surface area contributed by atoms with Crippen LogP contribution in [0.25, 0.3) is 0 Å². The van der Waals surface area contributed by atoms with Gasteiger partial charge >= 0.3 is 0 Å². The molecule has 8 nitrogen and oxygen atoms in total. The number of hydrogen-bond donors (Lipinski definition) is 6. The van der Waals surface area contributed by atoms with Crippen LogP contribution in [0.3, 0.4) is 0 Å². The Morgan fingerprint density at radius 3 is 0.700 bits per heavy atom. The van der Waals surface area contributed by atoms with Crippen molar-refractivity contribution in [3.05, 3.63) is 106 Å². The van der Waals surface area contributed by atoms with Crippen molar-refractivity contribution in [1.29, 1.82) is 0 Å². The van der Waals surface area contributed by atoms with Gasteiger partial charge in [-0.1, -0.05) is 72.8 Å². The monoisotopic (exact) mass is 683 g/mol. The van der Waals surface area contributed by atoms with E-state index in [1.165, 1.54) is 71.9 Å². The molecular weight excluding hydrogens is 617 g/mol. The molecule has 274 valence electrons. The molecule has 0 saturated carbocycles. The van der Waals surface area contributed by atoms with Gasteiger partial charge in [0, 0.05) is 39.3 Å². The molecule has 0 aliphatic carbocycles. The molecule has 0 spiro atoms. The molecule has 0 saturated heterocycles. The number of benzene rings is 3. The second-order valence-corrected chi connectivity index (χ2v) is 14.3. The first-order chi connectivity index (χ1) is 24.8. The molecule has 3 aromatic rings. The van der Waals surface area contributed by atoms with Crippen LogP contribution in [-0.2, 0) is 39.3 Å². The van der Waals surface area contributed by atoms with E-state index < -0.39 is 0 Å². The average Bonchev–Trinajstić information content (AvgIpc) is 3.13. The summed E-state index contributed by atoms with van der Waals surface area (Å²) in [6.45, 7) is 18.7. The van der Waals surface area contributed by atoms with Crippen LogP contribution < -0.4 is 31.9 Å². The average molecular weight is 683 g/mol. The molecule has 0 aromatic heterocycles. The lowest BCUT2D eigenvalue weighted by Gasteiger charge is -2.23. The van der Waals surface area contributed by atoms with Gasteiger partial charge in [0.2, 0.25) is 0 Å². The Kier molecular flexibility index (Phi) is 18.3. The maximum atomic E-state index is 3.73. The highest BCUT2D eigenvalue weighted by Gasteiger charge is 2.08. The van der Waals surface area contributed by atoms with E-state index in [9.17, 15) is 0 Å². The third kappa shape index (κ3) is 15.7. The number of rotatable bonds is 0. The minimum absolute atomic E-state index is 0.933. The van der Waals surface area contributed by atoms with Crippen LogP contribution in [0.15, 0.2) is 72.8 Å². The Morgan fingerprint density at radius 1 is 0.300 bits per heavy atom. The van der Waals surface area contributed by atoms with Crippen molar-refractivity contribution in [1.82, 2.24) is 41.7 Å². The van der Waals surface area contributed by atoms with Crippen molar-refractivity contribution in [3.8, 4) is 0 Å². The van der Waals surface area contributed by atoms with Gasteiger partial charge in [-0.05, 0) is 150 Å². The zero-order valence-electron chi connectivity index (χ0n) is 30.8. The smallest absolute Gasteiger partial charge is 0.0205 e. The molecule has 3 aliphatic rings. The third-order valence-electron chi connectivity index (χ3n) is 9.92. The lowest BCUT2D eigenvalue weighted by molar-refractivity contribution is 0.260. The van der Waals surface area contributed by atoms with Crippen molar-refractivity contribution < 1.29 is 0 Å². The molecule has 0 radical (unpaired) electrons. The van der Waals surface area contributed by atoms with Gasteiger partial charge in [0.05, 0.1) is 0 Å². The lowest BCUT2D eigenvalue weighted by atomic mass is 10.1. The summed E-state index contributed by atoms with van der Waals surface area (Å²) in [6, 6.07) is 27.3. The molecule has 6 N–H and O–H groups in total. The van der Waals surface area contributed by atoms with Gasteiger partial charge in [0.15, 0.2) is 0 Å². The summed E-state index contributed by atoms with van der Waals surface area (Å²) < 4.78 is 0. The number of hydrogen-bond acceptors (Lipinski definition) is 8. The summed E-state index contributed by atoms with van der Waals surface area (Å²) in [5, 5.41) is 22.4. The first-order valence-electron chi connectivity index (χ1n) is 19.7. The molecule has 0 unspecified atom stereocenters. The van der Waals surface area contributed by atoms with Gasteiger partial charge in [-0.25, -0.2) is 0 Å². The number of nitrogens with zero attached hydrogens (tertiary/aromatic N) is 2. The van der Waals surface area contributed by atoms with Crippen LogP contribution in [0.2, 0.25) is 0 Å². The van der Waals surface area contributed by atoms with Gasteiger partial charge in [0.1, 0.15) is 0 Å². The summed E-state index contributed by atoms with van der Waals surface area (Å²) in [6.07, 6.45) is 7.00. The van der Waals surface area contributed by atoms with E-state index >= 15 is 0 Å². The van der Waals surface area contributed by atoms with Crippen LogP contribution in [-0.4, -0.2) is 88.3 Å². The topological polar surface area (TPSA) is 78.7 Å². The van der Waals surface area contributed by atoms with Gasteiger partial charge in [-0.3, -0.25) is 0 Å². The zero-order chi connectivity index (χ0) is 34.3. The largest absolute Gasteiger partial charge is 0.313 e. The van der Waals surface area contributed by atoms with E-state index in [0.29, 0.717) is 0 Å². The van der Waals surface area contributed by atoms with Crippen molar-refractivity contribution >= 4 is 0 Å². The summed E-state index contributed by atoms with van der Waals surface area (Å²) in [7, 11) is 0. The highest BCUT2D eigenvalue weighted by molar-refractivity contribution is 5.25. The Hall–Kier alpha value is -2.66. The van der Waals surface area contributed by atoms with E-state index in [-0.39, 0.29) is 0 Å². The second-order valence-electron chi connectivity index (χ2n) is 14.3. The quantitative estimate of drug-likeness (QED) is 0.206. The highest BCUT2D eigenvalue weighted by atomic mass is 15.1. The first-order valence-corrected chi connectivity index (χ1v) is 19.7. The van der Waals surface area contributed by atoms with Crippen LogP contribution in [0, 0.1) is 0 Å². The summed E-state index contributed by atoms with van der Waals surface area (Å²) in [5.74, 6) is 0. The molecule has 50 heavy (non-hydrogen) atoms. The van der Waals surface area contributed by atoms with Crippen molar-refractivity contribution in [2.75, 3.05) is 78.5 Å². The van der Waals surface area contributed by atoms with Crippen molar-refractivity contribution in [2.45, 2.75) is 77.8 Å². The molecule has 8 bridgehead atoms. The molecule has 0 amide bonds. The SMILES string of the molecule is c1cc2cc(c1)CNCCCN1CCCNCc3cccc(c3)CNCCCN(CCCNC2)CCCNCc2cccc(c2)CNCCC1. The fourth-order valence-electron chi connectivity index (χ4n) is 7.18. The van der Waals surface area contributed by atoms with E-state index in [0.717, 1.165) is 118 Å². The molecule has 8 heteroatoms. The molecular formula is C42H66N8. The first kappa shape index (κ1) is 38.6. The Morgan fingerprint density at radius 2 is 0.500 bits per heavy atom. The number of fused-ring (bicyclic) bond motifs is 24. The molecule has 3 aliphatic heterocycles. The van der Waals surface area contributed by atoms with Crippen LogP contribution in [0.1, 0.15) is 71.9 Å². The van der Waals surface area contributed by atoms with E-state index in [1.54, 1.807) is 0 Å². The van der Waals surface area contributed by atoms with Crippen molar-refractivity contribution in [2.24, 2.45) is 0 Å². The predicted octanol–water partition coefficient (Wildman–Crippen LogP) is 4.60. The molecule has 0 atom stereocenters. The van der Waals surface area contributed by atoms with Gasteiger partial charge < -0.3 is 41.7 Å². The maximum Gasteiger partial charge on any atom is 0.0205 e. The highest BCUT2D eigenvalue weighted by Crippen LogP contribution is 2.09. The van der Waals surface area contributed by atoms with Crippen LogP contribution >= 0.6 is 0 Å². The third-order valence-corrected chi connectivity index (χ3v) is 9.92. The van der Waals surface area contributed by atoms with E-state index in [1.807, 2.05) is 0 Å². The van der Waals surface area contributed by atoms with Gasteiger partial charge in [-0.2, -0.15) is 0 Å².